The van der Waals surface area contributed by atoms with Gasteiger partial charge in [-0.25, -0.2) is 9.37 Å². The molecule has 2 unspecified atom stereocenters. The highest BCUT2D eigenvalue weighted by Crippen LogP contribution is 2.33. The van der Waals surface area contributed by atoms with Crippen LogP contribution in [0, 0.1) is 5.82 Å². The fourth-order valence-corrected chi connectivity index (χ4v) is 5.22. The van der Waals surface area contributed by atoms with Gasteiger partial charge in [0.05, 0.1) is 16.6 Å². The highest BCUT2D eigenvalue weighted by Gasteiger charge is 2.30. The summed E-state index contributed by atoms with van der Waals surface area (Å²) in [5.74, 6) is -0.599. The van der Waals surface area contributed by atoms with E-state index in [9.17, 15) is 14.0 Å². The number of likely N-dealkylation sites (N-methyl/N-ethyl adjacent to an activating group) is 1. The van der Waals surface area contributed by atoms with Crippen LogP contribution in [0.1, 0.15) is 45.1 Å². The van der Waals surface area contributed by atoms with Gasteiger partial charge in [0.25, 0.3) is 5.91 Å². The number of nitrogens with zero attached hydrogens (tertiary/aromatic N) is 2. The van der Waals surface area contributed by atoms with Gasteiger partial charge < -0.3 is 15.5 Å². The van der Waals surface area contributed by atoms with E-state index in [1.165, 1.54) is 23.9 Å². The Labute approximate surface area is 229 Å². The van der Waals surface area contributed by atoms with Gasteiger partial charge in [-0.05, 0) is 71.9 Å². The van der Waals surface area contributed by atoms with Crippen molar-refractivity contribution >= 4 is 46.6 Å². The molecule has 1 aromatic heterocycles. The molecule has 2 heterocycles. The number of halogens is 2. The zero-order chi connectivity index (χ0) is 26.8. The lowest BCUT2D eigenvalue weighted by Crippen LogP contribution is -2.41. The molecule has 2 amide bonds. The summed E-state index contributed by atoms with van der Waals surface area (Å²) >= 11 is 11.9. The Morgan fingerprint density at radius 3 is 2.61 bits per heavy atom. The summed E-state index contributed by atoms with van der Waals surface area (Å²) in [5, 5.41) is 6.45. The van der Waals surface area contributed by atoms with E-state index in [1.807, 2.05) is 24.3 Å². The molecule has 1 saturated heterocycles. The first-order chi connectivity index (χ1) is 18.3. The molecular formula is C27H26ClFN6O2S. The maximum Gasteiger partial charge on any atom is 0.253 e. The first kappa shape index (κ1) is 25.9. The summed E-state index contributed by atoms with van der Waals surface area (Å²) < 4.78 is 14.2. The Morgan fingerprint density at radius 1 is 1.11 bits per heavy atom. The number of carbonyl (C=O) groups is 2. The molecule has 8 nitrogen and oxygen atoms in total. The second-order valence-corrected chi connectivity index (χ2v) is 10.1. The van der Waals surface area contributed by atoms with Crippen LogP contribution >= 0.6 is 23.8 Å². The van der Waals surface area contributed by atoms with Crippen molar-refractivity contribution in [3.63, 3.8) is 0 Å². The van der Waals surface area contributed by atoms with Gasteiger partial charge in [-0.15, -0.1) is 0 Å². The SMILES string of the molecule is CN1CCC(NC(=O)c2cnc(NNC(=S)NC3c4ccccc4CCc4ccc(F)cc43)c(Cl)c2)C1=O. The number of anilines is 1. The molecule has 38 heavy (non-hydrogen) atoms. The fraction of sp³-hybridized carbons (Fsp3) is 0.259. The molecule has 196 valence electrons. The zero-order valence-corrected chi connectivity index (χ0v) is 22.1. The lowest BCUT2D eigenvalue weighted by molar-refractivity contribution is -0.128. The largest absolute Gasteiger partial charge is 0.350 e. The lowest BCUT2D eigenvalue weighted by atomic mass is 9.94. The number of benzene rings is 2. The third-order valence-electron chi connectivity index (χ3n) is 6.85. The summed E-state index contributed by atoms with van der Waals surface area (Å²) in [6.07, 6.45) is 3.56. The van der Waals surface area contributed by atoms with Gasteiger partial charge in [-0.2, -0.15) is 0 Å². The third kappa shape index (κ3) is 5.41. The van der Waals surface area contributed by atoms with E-state index in [2.05, 4.69) is 32.5 Å². The molecule has 1 fully saturated rings. The minimum atomic E-state index is -0.554. The number of pyridine rings is 1. The number of amides is 2. The van der Waals surface area contributed by atoms with Crippen molar-refractivity contribution in [1.29, 1.82) is 0 Å². The molecule has 0 spiro atoms. The number of thiocarbonyl (C=S) groups is 1. The predicted molar refractivity (Wildman–Crippen MR) is 147 cm³/mol. The number of likely N-dealkylation sites (tertiary alicyclic amines) is 1. The second kappa shape index (κ2) is 10.9. The molecule has 2 atom stereocenters. The maximum absolute atomic E-state index is 14.2. The molecule has 0 saturated carbocycles. The standard InChI is InChI=1S/C27H26ClFN6O2S/c1-35-11-10-22(26(35)37)31-25(36)17-12-21(28)24(30-14-17)33-34-27(38)32-23-19-5-3-2-4-15(19)6-7-16-8-9-18(29)13-20(16)23/h2-5,8-9,12-14,22-23H,6-7,10-11H2,1H3,(H,30,33)(H,31,36)(H2,32,34,38). The van der Waals surface area contributed by atoms with Crippen LogP contribution in [0.15, 0.2) is 54.7 Å². The van der Waals surface area contributed by atoms with Gasteiger partial charge in [0.1, 0.15) is 11.9 Å². The monoisotopic (exact) mass is 552 g/mol. The van der Waals surface area contributed by atoms with Crippen molar-refractivity contribution in [3.05, 3.63) is 93.4 Å². The quantitative estimate of drug-likeness (QED) is 0.284. The number of aromatic nitrogens is 1. The Kier molecular flexibility index (Phi) is 7.44. The molecular weight excluding hydrogens is 527 g/mol. The summed E-state index contributed by atoms with van der Waals surface area (Å²) in [6.45, 7) is 0.595. The number of carbonyl (C=O) groups excluding carboxylic acids is 2. The minimum absolute atomic E-state index is 0.123. The highest BCUT2D eigenvalue weighted by atomic mass is 35.5. The molecule has 0 bridgehead atoms. The van der Waals surface area contributed by atoms with E-state index in [1.54, 1.807) is 18.0 Å². The van der Waals surface area contributed by atoms with Crippen LogP contribution in [0.5, 0.6) is 0 Å². The number of hydrogen-bond acceptors (Lipinski definition) is 5. The number of hydrogen-bond donors (Lipinski definition) is 4. The Hall–Kier alpha value is -3.76. The van der Waals surface area contributed by atoms with Crippen molar-refractivity contribution in [2.24, 2.45) is 0 Å². The van der Waals surface area contributed by atoms with Gasteiger partial charge in [0.2, 0.25) is 5.91 Å². The number of aryl methyl sites for hydroxylation is 2. The topological polar surface area (TPSA) is 98.4 Å². The van der Waals surface area contributed by atoms with Crippen molar-refractivity contribution in [3.8, 4) is 0 Å². The number of hydrazine groups is 1. The number of nitrogens with one attached hydrogen (secondary N) is 4. The smallest absolute Gasteiger partial charge is 0.253 e. The van der Waals surface area contributed by atoms with Gasteiger partial charge in [0, 0.05) is 19.8 Å². The third-order valence-corrected chi connectivity index (χ3v) is 7.36. The molecule has 3 aromatic rings. The summed E-state index contributed by atoms with van der Waals surface area (Å²) in [6, 6.07) is 13.4. The zero-order valence-electron chi connectivity index (χ0n) is 20.6. The van der Waals surface area contributed by atoms with Crippen molar-refractivity contribution in [2.45, 2.75) is 31.3 Å². The first-order valence-corrected chi connectivity index (χ1v) is 13.0. The van der Waals surface area contributed by atoms with Crippen LogP contribution in [0.3, 0.4) is 0 Å². The van der Waals surface area contributed by atoms with Gasteiger partial charge in [-0.1, -0.05) is 41.9 Å². The first-order valence-electron chi connectivity index (χ1n) is 12.2. The molecule has 0 radical (unpaired) electrons. The van der Waals surface area contributed by atoms with E-state index in [0.29, 0.717) is 13.0 Å². The maximum atomic E-state index is 14.2. The van der Waals surface area contributed by atoms with Crippen LogP contribution in [0.4, 0.5) is 10.2 Å². The Balaban J connectivity index is 1.26. The molecule has 11 heteroatoms. The van der Waals surface area contributed by atoms with Crippen LogP contribution in [-0.4, -0.2) is 46.4 Å². The normalized spacial score (nSPS) is 18.2. The van der Waals surface area contributed by atoms with Crippen LogP contribution < -0.4 is 21.5 Å². The van der Waals surface area contributed by atoms with Gasteiger partial charge in [-0.3, -0.25) is 20.4 Å². The molecule has 2 aromatic carbocycles. The van der Waals surface area contributed by atoms with E-state index in [4.69, 9.17) is 23.8 Å². The highest BCUT2D eigenvalue weighted by molar-refractivity contribution is 7.80. The number of rotatable bonds is 5. The van der Waals surface area contributed by atoms with Crippen LogP contribution in [-0.2, 0) is 17.6 Å². The van der Waals surface area contributed by atoms with Crippen LogP contribution in [0.25, 0.3) is 0 Å². The second-order valence-electron chi connectivity index (χ2n) is 9.33. The minimum Gasteiger partial charge on any atom is -0.350 e. The molecule has 1 aliphatic heterocycles. The van der Waals surface area contributed by atoms with Crippen molar-refractivity contribution in [1.82, 2.24) is 25.9 Å². The van der Waals surface area contributed by atoms with E-state index in [-0.39, 0.29) is 39.3 Å². The summed E-state index contributed by atoms with van der Waals surface area (Å²) in [7, 11) is 1.70. The average molecular weight is 553 g/mol. The van der Waals surface area contributed by atoms with E-state index < -0.39 is 11.9 Å². The van der Waals surface area contributed by atoms with E-state index >= 15 is 0 Å². The van der Waals surface area contributed by atoms with Gasteiger partial charge >= 0.3 is 0 Å². The lowest BCUT2D eigenvalue weighted by Gasteiger charge is -2.24. The summed E-state index contributed by atoms with van der Waals surface area (Å²) in [5.41, 5.74) is 10.1. The molecule has 1 aliphatic carbocycles. The average Bonchev–Trinajstić information content (AvgIpc) is 3.13. The van der Waals surface area contributed by atoms with Crippen LogP contribution in [0.2, 0.25) is 5.02 Å². The number of fused-ring (bicyclic) bond motifs is 2. The van der Waals surface area contributed by atoms with Crippen molar-refractivity contribution in [2.75, 3.05) is 19.0 Å². The molecule has 2 aliphatic rings. The summed E-state index contributed by atoms with van der Waals surface area (Å²) in [4.78, 5) is 30.5. The van der Waals surface area contributed by atoms with Crippen molar-refractivity contribution < 1.29 is 14.0 Å². The predicted octanol–water partition coefficient (Wildman–Crippen LogP) is 3.51. The van der Waals surface area contributed by atoms with E-state index in [0.717, 1.165) is 29.5 Å². The van der Waals surface area contributed by atoms with Gasteiger partial charge in [0.15, 0.2) is 10.9 Å². The molecule has 4 N–H and O–H groups in total. The Bertz CT molecular complexity index is 1420. The Morgan fingerprint density at radius 2 is 1.87 bits per heavy atom. The molecule has 5 rings (SSSR count). The fourth-order valence-electron chi connectivity index (χ4n) is 4.83.